The maximum atomic E-state index is 12.8. The van der Waals surface area contributed by atoms with E-state index in [4.69, 9.17) is 9.47 Å². The summed E-state index contributed by atoms with van der Waals surface area (Å²) in [6, 6.07) is 12.0. The van der Waals surface area contributed by atoms with Crippen molar-refractivity contribution in [2.24, 2.45) is 0 Å². The maximum absolute atomic E-state index is 12.8. The lowest BCUT2D eigenvalue weighted by molar-refractivity contribution is -0.123. The van der Waals surface area contributed by atoms with E-state index in [0.717, 1.165) is 24.0 Å². The van der Waals surface area contributed by atoms with Gasteiger partial charge < -0.3 is 14.8 Å². The topological polar surface area (TPSA) is 60.5 Å². The first-order chi connectivity index (χ1) is 12.2. The minimum absolute atomic E-state index is 0.0739. The molecular weight excluding hydrogens is 316 g/mol. The Bertz CT molecular complexity index is 741. The summed E-state index contributed by atoms with van der Waals surface area (Å²) in [5.41, 5.74) is 2.78. The van der Waals surface area contributed by atoms with Crippen LogP contribution in [0.5, 0.6) is 5.88 Å². The third-order valence-corrected chi connectivity index (χ3v) is 4.57. The highest BCUT2D eigenvalue weighted by Crippen LogP contribution is 2.48. The van der Waals surface area contributed by atoms with Crippen LogP contribution in [0, 0.1) is 6.92 Å². The Balaban J connectivity index is 1.65. The van der Waals surface area contributed by atoms with Crippen molar-refractivity contribution in [3.05, 3.63) is 59.3 Å². The van der Waals surface area contributed by atoms with Gasteiger partial charge in [-0.25, -0.2) is 4.98 Å². The Hall–Kier alpha value is -2.40. The summed E-state index contributed by atoms with van der Waals surface area (Å²) in [5.74, 6) is 0.616. The van der Waals surface area contributed by atoms with E-state index < -0.39 is 0 Å². The number of nitrogens with zero attached hydrogens (tertiary/aromatic N) is 1. The highest BCUT2D eigenvalue weighted by atomic mass is 16.5. The van der Waals surface area contributed by atoms with Gasteiger partial charge in [0, 0.05) is 25.4 Å². The molecule has 1 aliphatic rings. The largest absolute Gasteiger partial charge is 0.475 e. The van der Waals surface area contributed by atoms with Crippen molar-refractivity contribution in [3.8, 4) is 5.88 Å². The fourth-order valence-electron chi connectivity index (χ4n) is 2.97. The van der Waals surface area contributed by atoms with Gasteiger partial charge in [-0.05, 0) is 31.4 Å². The molecule has 0 radical (unpaired) electrons. The van der Waals surface area contributed by atoms with Crippen molar-refractivity contribution in [2.45, 2.75) is 31.7 Å². The predicted octanol–water partition coefficient (Wildman–Crippen LogP) is 2.76. The molecule has 0 saturated heterocycles. The Labute approximate surface area is 148 Å². The van der Waals surface area contributed by atoms with Crippen LogP contribution < -0.4 is 10.1 Å². The van der Waals surface area contributed by atoms with Crippen molar-refractivity contribution in [1.82, 2.24) is 10.3 Å². The van der Waals surface area contributed by atoms with Crippen LogP contribution in [0.2, 0.25) is 0 Å². The molecule has 1 aliphatic carbocycles. The van der Waals surface area contributed by atoms with Gasteiger partial charge in [0.15, 0.2) is 0 Å². The summed E-state index contributed by atoms with van der Waals surface area (Å²) in [6.07, 6.45) is 3.47. The molecule has 1 fully saturated rings. The van der Waals surface area contributed by atoms with Crippen molar-refractivity contribution in [3.63, 3.8) is 0 Å². The van der Waals surface area contributed by atoms with Crippen LogP contribution >= 0.6 is 0 Å². The third-order valence-electron chi connectivity index (χ3n) is 4.57. The van der Waals surface area contributed by atoms with Crippen LogP contribution in [0.25, 0.3) is 0 Å². The molecule has 1 heterocycles. The SMILES string of the molecule is COCCOc1ncccc1CNC(=O)C1(c2cccc(C)c2)CC1. The van der Waals surface area contributed by atoms with Crippen molar-refractivity contribution < 1.29 is 14.3 Å². The zero-order valence-corrected chi connectivity index (χ0v) is 14.7. The van der Waals surface area contributed by atoms with Crippen LogP contribution in [0.1, 0.15) is 29.5 Å². The van der Waals surface area contributed by atoms with E-state index in [9.17, 15) is 4.79 Å². The number of rotatable bonds is 8. The van der Waals surface area contributed by atoms with Gasteiger partial charge in [-0.2, -0.15) is 0 Å². The fourth-order valence-corrected chi connectivity index (χ4v) is 2.97. The van der Waals surface area contributed by atoms with Crippen molar-refractivity contribution >= 4 is 5.91 Å². The number of aromatic nitrogens is 1. The second-order valence-corrected chi connectivity index (χ2v) is 6.44. The minimum atomic E-state index is -0.370. The highest BCUT2D eigenvalue weighted by Gasteiger charge is 2.51. The van der Waals surface area contributed by atoms with Crippen molar-refractivity contribution in [1.29, 1.82) is 0 Å². The zero-order chi connectivity index (χ0) is 17.7. The molecular formula is C20H24N2O3. The van der Waals surface area contributed by atoms with Crippen LogP contribution in [-0.2, 0) is 21.5 Å². The van der Waals surface area contributed by atoms with E-state index in [0.29, 0.717) is 25.6 Å². The Morgan fingerprint density at radius 1 is 1.24 bits per heavy atom. The standard InChI is InChI=1S/C20H24N2O3/c1-15-5-3-7-17(13-15)20(8-9-20)19(23)22-14-16-6-4-10-21-18(16)25-12-11-24-2/h3-7,10,13H,8-9,11-12,14H2,1-2H3,(H,22,23). The Kier molecular flexibility index (Phi) is 5.34. The van der Waals surface area contributed by atoms with Gasteiger partial charge >= 0.3 is 0 Å². The zero-order valence-electron chi connectivity index (χ0n) is 14.7. The molecule has 1 aromatic carbocycles. The van der Waals surface area contributed by atoms with Gasteiger partial charge in [-0.3, -0.25) is 4.79 Å². The van der Waals surface area contributed by atoms with Gasteiger partial charge in [0.05, 0.1) is 12.0 Å². The molecule has 3 rings (SSSR count). The summed E-state index contributed by atoms with van der Waals surface area (Å²) in [7, 11) is 1.63. The lowest BCUT2D eigenvalue weighted by Crippen LogP contribution is -2.34. The van der Waals surface area contributed by atoms with E-state index in [2.05, 4.69) is 29.4 Å². The Morgan fingerprint density at radius 2 is 2.08 bits per heavy atom. The number of hydrogen-bond acceptors (Lipinski definition) is 4. The highest BCUT2D eigenvalue weighted by molar-refractivity contribution is 5.91. The summed E-state index contributed by atoms with van der Waals surface area (Å²) >= 11 is 0. The maximum Gasteiger partial charge on any atom is 0.230 e. The molecule has 1 N–H and O–H groups in total. The summed E-state index contributed by atoms with van der Waals surface area (Å²) in [5, 5.41) is 3.06. The van der Waals surface area contributed by atoms with E-state index in [1.807, 2.05) is 24.3 Å². The van der Waals surface area contributed by atoms with Gasteiger partial charge in [0.1, 0.15) is 6.61 Å². The molecule has 25 heavy (non-hydrogen) atoms. The molecule has 0 bridgehead atoms. The number of carbonyl (C=O) groups is 1. The number of methoxy groups -OCH3 is 1. The molecule has 0 unspecified atom stereocenters. The van der Waals surface area contributed by atoms with E-state index in [1.165, 1.54) is 5.56 Å². The number of benzene rings is 1. The molecule has 5 heteroatoms. The number of carbonyl (C=O) groups excluding carboxylic acids is 1. The van der Waals surface area contributed by atoms with Crippen LogP contribution in [-0.4, -0.2) is 31.2 Å². The first-order valence-electron chi connectivity index (χ1n) is 8.57. The number of aryl methyl sites for hydroxylation is 1. The second kappa shape index (κ2) is 7.66. The van der Waals surface area contributed by atoms with Gasteiger partial charge in [0.25, 0.3) is 0 Å². The smallest absolute Gasteiger partial charge is 0.230 e. The molecule has 0 atom stereocenters. The van der Waals surface area contributed by atoms with E-state index >= 15 is 0 Å². The number of ether oxygens (including phenoxy) is 2. The number of pyridine rings is 1. The predicted molar refractivity (Wildman–Crippen MR) is 95.5 cm³/mol. The molecule has 1 amide bonds. The lowest BCUT2D eigenvalue weighted by atomic mass is 9.93. The quantitative estimate of drug-likeness (QED) is 0.751. The molecule has 0 aliphatic heterocycles. The monoisotopic (exact) mass is 340 g/mol. The third kappa shape index (κ3) is 3.99. The van der Waals surface area contributed by atoms with Crippen LogP contribution in [0.15, 0.2) is 42.6 Å². The van der Waals surface area contributed by atoms with Gasteiger partial charge in [-0.15, -0.1) is 0 Å². The van der Waals surface area contributed by atoms with Gasteiger partial charge in [-0.1, -0.05) is 35.9 Å². The molecule has 0 spiro atoms. The van der Waals surface area contributed by atoms with Crippen LogP contribution in [0.4, 0.5) is 0 Å². The van der Waals surface area contributed by atoms with Gasteiger partial charge in [0.2, 0.25) is 11.8 Å². The normalized spacial score (nSPS) is 14.8. The summed E-state index contributed by atoms with van der Waals surface area (Å²) in [4.78, 5) is 17.0. The van der Waals surface area contributed by atoms with Crippen molar-refractivity contribution in [2.75, 3.05) is 20.3 Å². The average Bonchev–Trinajstić information content (AvgIpc) is 3.43. The molecule has 1 aromatic heterocycles. The first-order valence-corrected chi connectivity index (χ1v) is 8.57. The van der Waals surface area contributed by atoms with E-state index in [-0.39, 0.29) is 11.3 Å². The molecule has 1 saturated carbocycles. The minimum Gasteiger partial charge on any atom is -0.475 e. The lowest BCUT2D eigenvalue weighted by Gasteiger charge is -2.17. The number of amides is 1. The average molecular weight is 340 g/mol. The molecule has 2 aromatic rings. The Morgan fingerprint density at radius 3 is 2.80 bits per heavy atom. The fraction of sp³-hybridized carbons (Fsp3) is 0.400. The first kappa shape index (κ1) is 17.4. The molecule has 5 nitrogen and oxygen atoms in total. The number of nitrogens with one attached hydrogen (secondary N) is 1. The van der Waals surface area contributed by atoms with Crippen LogP contribution in [0.3, 0.4) is 0 Å². The summed E-state index contributed by atoms with van der Waals surface area (Å²) < 4.78 is 10.6. The molecule has 132 valence electrons. The van der Waals surface area contributed by atoms with E-state index in [1.54, 1.807) is 13.3 Å². The second-order valence-electron chi connectivity index (χ2n) is 6.44. The summed E-state index contributed by atoms with van der Waals surface area (Å²) in [6.45, 7) is 3.39. The number of hydrogen-bond donors (Lipinski definition) is 1.